The van der Waals surface area contributed by atoms with Crippen LogP contribution in [0.5, 0.6) is 0 Å². The number of pyridine rings is 2. The van der Waals surface area contributed by atoms with Crippen LogP contribution in [0.15, 0.2) is 35.0 Å². The van der Waals surface area contributed by atoms with Gasteiger partial charge >= 0.3 is 6.18 Å². The minimum absolute atomic E-state index is 0.0391. The van der Waals surface area contributed by atoms with E-state index in [1.54, 1.807) is 19.3 Å². The van der Waals surface area contributed by atoms with Gasteiger partial charge in [-0.15, -0.1) is 0 Å². The SMILES string of the molecule is Cc1ncc(-c2ccc3cnc(CC(=O)C4CCC(CCCC(F)(F)F)CC4)cc3n2)o1. The van der Waals surface area contributed by atoms with E-state index in [0.29, 0.717) is 35.4 Å². The molecule has 0 saturated heterocycles. The normalized spacial score (nSPS) is 19.4. The maximum Gasteiger partial charge on any atom is 0.389 e. The number of aromatic nitrogens is 3. The molecule has 0 N–H and O–H groups in total. The predicted molar refractivity (Wildman–Crippen MR) is 114 cm³/mol. The fourth-order valence-corrected chi connectivity index (χ4v) is 4.46. The number of ketones is 1. The lowest BCUT2D eigenvalue weighted by Crippen LogP contribution is -2.23. The molecule has 1 saturated carbocycles. The number of rotatable bonds is 7. The first-order valence-corrected chi connectivity index (χ1v) is 11.0. The third-order valence-corrected chi connectivity index (χ3v) is 6.23. The maximum absolute atomic E-state index is 12.8. The smallest absolute Gasteiger partial charge is 0.389 e. The average molecular weight is 445 g/mol. The van der Waals surface area contributed by atoms with E-state index in [9.17, 15) is 18.0 Å². The summed E-state index contributed by atoms with van der Waals surface area (Å²) in [4.78, 5) is 26.0. The molecule has 3 aromatic rings. The zero-order chi connectivity index (χ0) is 22.7. The van der Waals surface area contributed by atoms with Gasteiger partial charge in [0.1, 0.15) is 11.5 Å². The number of hydrogen-bond acceptors (Lipinski definition) is 5. The molecule has 0 amide bonds. The second-order valence-corrected chi connectivity index (χ2v) is 8.68. The zero-order valence-corrected chi connectivity index (χ0v) is 18.0. The van der Waals surface area contributed by atoms with Gasteiger partial charge in [0, 0.05) is 43.0 Å². The number of Topliss-reactive ketones (excluding diaryl/α,β-unsaturated/α-hetero) is 1. The Kier molecular flexibility index (Phi) is 6.58. The maximum atomic E-state index is 12.8. The average Bonchev–Trinajstić information content (AvgIpc) is 3.19. The summed E-state index contributed by atoms with van der Waals surface area (Å²) in [5.74, 6) is 1.56. The monoisotopic (exact) mass is 445 g/mol. The molecule has 1 aliphatic rings. The van der Waals surface area contributed by atoms with Crippen LogP contribution >= 0.6 is 0 Å². The van der Waals surface area contributed by atoms with E-state index in [1.165, 1.54) is 0 Å². The summed E-state index contributed by atoms with van der Waals surface area (Å²) in [5, 5.41) is 0.876. The van der Waals surface area contributed by atoms with Gasteiger partial charge in [-0.05, 0) is 56.2 Å². The molecule has 5 nitrogen and oxygen atoms in total. The third-order valence-electron chi connectivity index (χ3n) is 6.23. The Bertz CT molecular complexity index is 1090. The lowest BCUT2D eigenvalue weighted by Gasteiger charge is -2.27. The van der Waals surface area contributed by atoms with Gasteiger partial charge in [-0.1, -0.05) is 6.42 Å². The number of carbonyl (C=O) groups is 1. The molecule has 8 heteroatoms. The number of alkyl halides is 3. The van der Waals surface area contributed by atoms with E-state index in [2.05, 4.69) is 15.0 Å². The summed E-state index contributed by atoms with van der Waals surface area (Å²) >= 11 is 0. The molecule has 0 aromatic carbocycles. The quantitative estimate of drug-likeness (QED) is 0.430. The molecule has 0 unspecified atom stereocenters. The molecule has 1 fully saturated rings. The van der Waals surface area contributed by atoms with E-state index < -0.39 is 12.6 Å². The Morgan fingerprint density at radius 2 is 1.91 bits per heavy atom. The highest BCUT2D eigenvalue weighted by Crippen LogP contribution is 2.34. The number of hydrogen-bond donors (Lipinski definition) is 0. The van der Waals surface area contributed by atoms with Gasteiger partial charge in [0.25, 0.3) is 0 Å². The van der Waals surface area contributed by atoms with Crippen molar-refractivity contribution in [1.82, 2.24) is 15.0 Å². The molecule has 3 heterocycles. The number of aryl methyl sites for hydroxylation is 1. The highest BCUT2D eigenvalue weighted by atomic mass is 19.4. The molecule has 3 aromatic heterocycles. The molecule has 32 heavy (non-hydrogen) atoms. The first kappa shape index (κ1) is 22.4. The van der Waals surface area contributed by atoms with E-state index in [4.69, 9.17) is 4.42 Å². The van der Waals surface area contributed by atoms with Crippen LogP contribution in [0.3, 0.4) is 0 Å². The van der Waals surface area contributed by atoms with Crippen molar-refractivity contribution in [2.24, 2.45) is 11.8 Å². The molecular formula is C24H26F3N3O2. The summed E-state index contributed by atoms with van der Waals surface area (Å²) < 4.78 is 42.5. The van der Waals surface area contributed by atoms with Crippen LogP contribution in [0.4, 0.5) is 13.2 Å². The minimum atomic E-state index is -4.08. The molecular weight excluding hydrogens is 419 g/mol. The van der Waals surface area contributed by atoms with Crippen molar-refractivity contribution in [1.29, 1.82) is 0 Å². The minimum Gasteiger partial charge on any atom is -0.439 e. The van der Waals surface area contributed by atoms with Crippen LogP contribution in [0, 0.1) is 18.8 Å². The Hall–Kier alpha value is -2.77. The van der Waals surface area contributed by atoms with Crippen molar-refractivity contribution in [3.05, 3.63) is 42.2 Å². The second kappa shape index (κ2) is 9.38. The fraction of sp³-hybridized carbons (Fsp3) is 0.500. The number of oxazole rings is 1. The molecule has 0 bridgehead atoms. The van der Waals surface area contributed by atoms with Crippen molar-refractivity contribution in [3.8, 4) is 11.5 Å². The summed E-state index contributed by atoms with van der Waals surface area (Å²) in [6, 6.07) is 5.60. The largest absolute Gasteiger partial charge is 0.439 e. The van der Waals surface area contributed by atoms with Gasteiger partial charge in [-0.3, -0.25) is 9.78 Å². The predicted octanol–water partition coefficient (Wildman–Crippen LogP) is 6.24. The van der Waals surface area contributed by atoms with E-state index >= 15 is 0 Å². The van der Waals surface area contributed by atoms with Crippen molar-refractivity contribution in [3.63, 3.8) is 0 Å². The van der Waals surface area contributed by atoms with Gasteiger partial charge in [-0.2, -0.15) is 13.2 Å². The standard InChI is InChI=1S/C24H26F3N3O2/c1-15-28-14-23(32-15)20-9-8-18-13-29-19(11-21(18)30-20)12-22(31)17-6-4-16(5-7-17)3-2-10-24(25,26)27/h8-9,11,13-14,16-17H,2-7,10,12H2,1H3. The summed E-state index contributed by atoms with van der Waals surface area (Å²) in [7, 11) is 0. The van der Waals surface area contributed by atoms with E-state index in [1.807, 2.05) is 18.2 Å². The first-order chi connectivity index (χ1) is 15.3. The lowest BCUT2D eigenvalue weighted by molar-refractivity contribution is -0.136. The molecule has 4 rings (SSSR count). The number of nitrogens with zero attached hydrogens (tertiary/aromatic N) is 3. The molecule has 0 aliphatic heterocycles. The summed E-state index contributed by atoms with van der Waals surface area (Å²) in [6.07, 6.45) is 2.70. The van der Waals surface area contributed by atoms with E-state index in [-0.39, 0.29) is 24.5 Å². The van der Waals surface area contributed by atoms with Crippen LogP contribution in [0.1, 0.15) is 56.5 Å². The fourth-order valence-electron chi connectivity index (χ4n) is 4.46. The van der Waals surface area contributed by atoms with Gasteiger partial charge in [0.05, 0.1) is 11.7 Å². The highest BCUT2D eigenvalue weighted by Gasteiger charge is 2.29. The molecule has 170 valence electrons. The van der Waals surface area contributed by atoms with Crippen molar-refractivity contribution in [2.45, 2.75) is 64.5 Å². The van der Waals surface area contributed by atoms with Crippen molar-refractivity contribution >= 4 is 16.7 Å². The van der Waals surface area contributed by atoms with Gasteiger partial charge < -0.3 is 4.42 Å². The van der Waals surface area contributed by atoms with Crippen LogP contribution in [0.25, 0.3) is 22.4 Å². The lowest BCUT2D eigenvalue weighted by atomic mass is 9.77. The van der Waals surface area contributed by atoms with Crippen LogP contribution in [0.2, 0.25) is 0 Å². The van der Waals surface area contributed by atoms with Crippen LogP contribution in [-0.4, -0.2) is 26.9 Å². The molecule has 1 aliphatic carbocycles. The van der Waals surface area contributed by atoms with E-state index in [0.717, 1.165) is 36.6 Å². The Morgan fingerprint density at radius 3 is 2.59 bits per heavy atom. The van der Waals surface area contributed by atoms with Crippen molar-refractivity contribution in [2.75, 3.05) is 0 Å². The number of carbonyl (C=O) groups excluding carboxylic acids is 1. The molecule has 0 atom stereocenters. The Morgan fingerprint density at radius 1 is 1.12 bits per heavy atom. The summed E-state index contributed by atoms with van der Waals surface area (Å²) in [6.45, 7) is 1.77. The third kappa shape index (κ3) is 5.72. The first-order valence-electron chi connectivity index (χ1n) is 11.0. The zero-order valence-electron chi connectivity index (χ0n) is 18.0. The number of fused-ring (bicyclic) bond motifs is 1. The van der Waals surface area contributed by atoms with Crippen molar-refractivity contribution < 1.29 is 22.4 Å². The second-order valence-electron chi connectivity index (χ2n) is 8.68. The molecule has 0 radical (unpaired) electrons. The van der Waals surface area contributed by atoms with Gasteiger partial charge in [0.15, 0.2) is 11.7 Å². The van der Waals surface area contributed by atoms with Gasteiger partial charge in [0.2, 0.25) is 0 Å². The highest BCUT2D eigenvalue weighted by molar-refractivity contribution is 5.85. The topological polar surface area (TPSA) is 68.9 Å². The Labute approximate surface area is 184 Å². The summed E-state index contributed by atoms with van der Waals surface area (Å²) in [5.41, 5.74) is 2.08. The number of halogens is 3. The van der Waals surface area contributed by atoms with Crippen LogP contribution in [-0.2, 0) is 11.2 Å². The van der Waals surface area contributed by atoms with Crippen LogP contribution < -0.4 is 0 Å². The Balaban J connectivity index is 1.34. The van der Waals surface area contributed by atoms with Gasteiger partial charge in [-0.25, -0.2) is 9.97 Å². The molecule has 0 spiro atoms.